The molecule has 0 aliphatic rings. The molecule has 2 aromatic rings. The zero-order valence-corrected chi connectivity index (χ0v) is 14.4. The number of carbonyl (C=O) groups is 1. The lowest BCUT2D eigenvalue weighted by Gasteiger charge is -2.14. The van der Waals surface area contributed by atoms with Gasteiger partial charge < -0.3 is 15.4 Å². The third kappa shape index (κ3) is 4.69. The number of carbonyl (C=O) groups excluding carboxylic acids is 1. The van der Waals surface area contributed by atoms with Crippen LogP contribution in [0.2, 0.25) is 0 Å². The van der Waals surface area contributed by atoms with E-state index in [1.54, 1.807) is 6.07 Å². The van der Waals surface area contributed by atoms with E-state index in [0.717, 1.165) is 11.3 Å². The maximum Gasteiger partial charge on any atom is 0.296 e. The number of nitrogens with one attached hydrogen (secondary N) is 2. The molecule has 0 aliphatic heterocycles. The van der Waals surface area contributed by atoms with Crippen molar-refractivity contribution in [2.75, 3.05) is 24.3 Å². The van der Waals surface area contributed by atoms with Crippen molar-refractivity contribution >= 4 is 23.0 Å². The van der Waals surface area contributed by atoms with Gasteiger partial charge in [0, 0.05) is 5.69 Å². The van der Waals surface area contributed by atoms with Gasteiger partial charge in [-0.3, -0.25) is 14.9 Å². The van der Waals surface area contributed by atoms with Gasteiger partial charge in [0.25, 0.3) is 5.69 Å². The topological polar surface area (TPSA) is 93.5 Å². The average Bonchev–Trinajstić information content (AvgIpc) is 2.60. The normalized spacial score (nSPS) is 10.4. The predicted octanol–water partition coefficient (Wildman–Crippen LogP) is 3.78. The molecular weight excluding hydrogens is 322 g/mol. The second-order valence-corrected chi connectivity index (χ2v) is 5.78. The van der Waals surface area contributed by atoms with Crippen molar-refractivity contribution in [3.8, 4) is 5.75 Å². The van der Waals surface area contributed by atoms with Crippen LogP contribution in [0.4, 0.5) is 17.1 Å². The first-order valence-corrected chi connectivity index (χ1v) is 7.87. The van der Waals surface area contributed by atoms with Crippen LogP contribution < -0.4 is 15.4 Å². The van der Waals surface area contributed by atoms with Crippen LogP contribution >= 0.6 is 0 Å². The molecule has 132 valence electrons. The van der Waals surface area contributed by atoms with E-state index in [1.807, 2.05) is 24.3 Å². The summed E-state index contributed by atoms with van der Waals surface area (Å²) in [5.41, 5.74) is 1.90. The summed E-state index contributed by atoms with van der Waals surface area (Å²) in [6.45, 7) is 4.15. The van der Waals surface area contributed by atoms with Crippen LogP contribution in [-0.4, -0.2) is 24.5 Å². The van der Waals surface area contributed by atoms with E-state index in [2.05, 4.69) is 24.5 Å². The second-order valence-electron chi connectivity index (χ2n) is 5.78. The lowest BCUT2D eigenvalue weighted by atomic mass is 10.0. The van der Waals surface area contributed by atoms with Gasteiger partial charge >= 0.3 is 0 Å². The quantitative estimate of drug-likeness (QED) is 0.589. The Morgan fingerprint density at radius 2 is 1.92 bits per heavy atom. The summed E-state index contributed by atoms with van der Waals surface area (Å²) in [7, 11) is 1.42. The molecule has 0 bridgehead atoms. The van der Waals surface area contributed by atoms with Crippen LogP contribution in [0.25, 0.3) is 0 Å². The molecule has 0 unspecified atom stereocenters. The number of nitrogens with zero attached hydrogens (tertiary/aromatic N) is 1. The van der Waals surface area contributed by atoms with Gasteiger partial charge in [-0.2, -0.15) is 0 Å². The Hall–Kier alpha value is -3.09. The number of amides is 1. The highest BCUT2D eigenvalue weighted by molar-refractivity contribution is 5.96. The van der Waals surface area contributed by atoms with Gasteiger partial charge in [-0.25, -0.2) is 0 Å². The molecule has 0 saturated carbocycles. The number of hydrogen-bond donors (Lipinski definition) is 2. The van der Waals surface area contributed by atoms with Crippen molar-refractivity contribution in [1.82, 2.24) is 0 Å². The molecule has 0 aromatic heterocycles. The standard InChI is InChI=1S/C18H21N3O4/c1-12(2)14-6-4-5-7-15(14)19-11-18(22)20-16-9-8-13(25-3)10-17(16)21(23)24/h4-10,12,19H,11H2,1-3H3,(H,20,22). The van der Waals surface area contributed by atoms with Crippen molar-refractivity contribution in [2.45, 2.75) is 19.8 Å². The lowest BCUT2D eigenvalue weighted by molar-refractivity contribution is -0.384. The minimum absolute atomic E-state index is 0.00686. The van der Waals surface area contributed by atoms with Gasteiger partial charge in [-0.05, 0) is 29.7 Å². The number of benzene rings is 2. The summed E-state index contributed by atoms with van der Waals surface area (Å²) in [5, 5.41) is 16.8. The third-order valence-electron chi connectivity index (χ3n) is 3.70. The Morgan fingerprint density at radius 1 is 1.20 bits per heavy atom. The molecule has 25 heavy (non-hydrogen) atoms. The Bertz CT molecular complexity index is 775. The van der Waals surface area contributed by atoms with Crippen LogP contribution in [0.3, 0.4) is 0 Å². The molecular formula is C18H21N3O4. The molecule has 0 saturated heterocycles. The zero-order chi connectivity index (χ0) is 18.4. The van der Waals surface area contributed by atoms with E-state index in [9.17, 15) is 14.9 Å². The molecule has 0 fully saturated rings. The molecule has 2 rings (SSSR count). The molecule has 0 spiro atoms. The molecule has 7 nitrogen and oxygen atoms in total. The first-order chi connectivity index (χ1) is 11.9. The minimum Gasteiger partial charge on any atom is -0.496 e. The monoisotopic (exact) mass is 343 g/mol. The van der Waals surface area contributed by atoms with Gasteiger partial charge in [0.15, 0.2) is 0 Å². The van der Waals surface area contributed by atoms with E-state index in [-0.39, 0.29) is 23.8 Å². The first-order valence-electron chi connectivity index (χ1n) is 7.87. The van der Waals surface area contributed by atoms with Crippen LogP contribution in [0, 0.1) is 10.1 Å². The fourth-order valence-corrected chi connectivity index (χ4v) is 2.43. The van der Waals surface area contributed by atoms with Crippen LogP contribution in [0.15, 0.2) is 42.5 Å². The predicted molar refractivity (Wildman–Crippen MR) is 97.3 cm³/mol. The molecule has 1 amide bonds. The van der Waals surface area contributed by atoms with Crippen molar-refractivity contribution in [3.05, 3.63) is 58.1 Å². The van der Waals surface area contributed by atoms with E-state index in [0.29, 0.717) is 11.7 Å². The molecule has 0 aliphatic carbocycles. The summed E-state index contributed by atoms with van der Waals surface area (Å²) in [6, 6.07) is 12.0. The fourth-order valence-electron chi connectivity index (χ4n) is 2.43. The van der Waals surface area contributed by atoms with Crippen molar-refractivity contribution in [3.63, 3.8) is 0 Å². The lowest BCUT2D eigenvalue weighted by Crippen LogP contribution is -2.22. The number of methoxy groups -OCH3 is 1. The molecule has 0 radical (unpaired) electrons. The van der Waals surface area contributed by atoms with Crippen LogP contribution in [0.5, 0.6) is 5.75 Å². The molecule has 0 heterocycles. The largest absolute Gasteiger partial charge is 0.496 e. The molecule has 2 aromatic carbocycles. The maximum absolute atomic E-state index is 12.2. The van der Waals surface area contributed by atoms with Crippen molar-refractivity contribution in [1.29, 1.82) is 0 Å². The minimum atomic E-state index is -0.556. The number of hydrogen-bond acceptors (Lipinski definition) is 5. The van der Waals surface area contributed by atoms with E-state index in [1.165, 1.54) is 19.2 Å². The number of anilines is 2. The van der Waals surface area contributed by atoms with Gasteiger partial charge in [0.05, 0.1) is 24.6 Å². The van der Waals surface area contributed by atoms with Crippen LogP contribution in [0.1, 0.15) is 25.3 Å². The number of nitro benzene ring substituents is 1. The smallest absolute Gasteiger partial charge is 0.296 e. The van der Waals surface area contributed by atoms with Crippen molar-refractivity contribution < 1.29 is 14.5 Å². The summed E-state index contributed by atoms with van der Waals surface area (Å²) < 4.78 is 4.98. The van der Waals surface area contributed by atoms with Gasteiger partial charge in [0.2, 0.25) is 5.91 Å². The van der Waals surface area contributed by atoms with E-state index < -0.39 is 4.92 Å². The molecule has 2 N–H and O–H groups in total. The summed E-state index contributed by atoms with van der Waals surface area (Å²) in [6.07, 6.45) is 0. The van der Waals surface area contributed by atoms with Gasteiger partial charge in [-0.15, -0.1) is 0 Å². The number of ether oxygens (including phenoxy) is 1. The average molecular weight is 343 g/mol. The summed E-state index contributed by atoms with van der Waals surface area (Å²) >= 11 is 0. The fraction of sp³-hybridized carbons (Fsp3) is 0.278. The highest BCUT2D eigenvalue weighted by Crippen LogP contribution is 2.29. The molecule has 7 heteroatoms. The Kier molecular flexibility index (Phi) is 5.94. The SMILES string of the molecule is COc1ccc(NC(=O)CNc2ccccc2C(C)C)c([N+](=O)[O-])c1. The zero-order valence-electron chi connectivity index (χ0n) is 14.4. The van der Waals surface area contributed by atoms with Gasteiger partial charge in [-0.1, -0.05) is 32.0 Å². The Balaban J connectivity index is 2.08. The highest BCUT2D eigenvalue weighted by atomic mass is 16.6. The second kappa shape index (κ2) is 8.14. The molecule has 0 atom stereocenters. The Labute approximate surface area is 146 Å². The van der Waals surface area contributed by atoms with Crippen molar-refractivity contribution in [2.24, 2.45) is 0 Å². The number of para-hydroxylation sites is 1. The van der Waals surface area contributed by atoms with E-state index >= 15 is 0 Å². The summed E-state index contributed by atoms with van der Waals surface area (Å²) in [5.74, 6) is 0.301. The first kappa shape index (κ1) is 18.3. The highest BCUT2D eigenvalue weighted by Gasteiger charge is 2.17. The van der Waals surface area contributed by atoms with Gasteiger partial charge in [0.1, 0.15) is 11.4 Å². The third-order valence-corrected chi connectivity index (χ3v) is 3.70. The Morgan fingerprint density at radius 3 is 2.56 bits per heavy atom. The van der Waals surface area contributed by atoms with E-state index in [4.69, 9.17) is 4.74 Å². The number of rotatable bonds is 7. The number of nitro groups is 1. The van der Waals surface area contributed by atoms with Crippen LogP contribution in [-0.2, 0) is 4.79 Å². The summed E-state index contributed by atoms with van der Waals surface area (Å²) in [4.78, 5) is 22.8. The maximum atomic E-state index is 12.2.